The molecule has 2 aliphatic heterocycles. The Morgan fingerprint density at radius 1 is 0.974 bits per heavy atom. The summed E-state index contributed by atoms with van der Waals surface area (Å²) in [5.41, 5.74) is 2.84. The summed E-state index contributed by atoms with van der Waals surface area (Å²) >= 11 is 6.11. The smallest absolute Gasteiger partial charge is 0.378 e. The fraction of sp³-hybridized carbons (Fsp3) is 0.333. The number of morpholine rings is 1. The molecule has 9 heteroatoms. The van der Waals surface area contributed by atoms with Crippen LogP contribution in [-0.2, 0) is 10.9 Å². The van der Waals surface area contributed by atoms with Gasteiger partial charge in [0.1, 0.15) is 0 Å². The number of amides is 2. The molecule has 39 heavy (non-hydrogen) atoms. The first-order valence-corrected chi connectivity index (χ1v) is 13.3. The topological polar surface area (TPSA) is 45.7 Å². The fourth-order valence-corrected chi connectivity index (χ4v) is 5.34. The van der Waals surface area contributed by atoms with Gasteiger partial charge in [0.05, 0.1) is 24.5 Å². The number of hydrogen-bond donors (Lipinski definition) is 0. The van der Waals surface area contributed by atoms with E-state index in [0.717, 1.165) is 40.9 Å². The Hall–Kier alpha value is -3.36. The summed E-state index contributed by atoms with van der Waals surface area (Å²) in [4.78, 5) is 21.5. The molecule has 2 aliphatic rings. The second-order valence-electron chi connectivity index (χ2n) is 9.94. The predicted molar refractivity (Wildman–Crippen MR) is 145 cm³/mol. The molecule has 0 saturated carbocycles. The molecule has 2 saturated heterocycles. The van der Waals surface area contributed by atoms with Crippen molar-refractivity contribution in [3.05, 3.63) is 94.8 Å². The van der Waals surface area contributed by atoms with Crippen LogP contribution in [0.4, 0.5) is 18.0 Å². The van der Waals surface area contributed by atoms with Crippen LogP contribution in [0.15, 0.2) is 72.9 Å². The standard InChI is InChI=1S/C30H29ClF3N3O2/c31-27-3-1-2-23(17-27)24-7-11-28(35-18-24)10-4-21-16-25(22-5-8-26(9-6-22)30(32,33)34)20-37(19-21)29(38)36-12-14-39-15-13-36/h1-11,17-18,21,25H,12-16,19-20H2/b10-4+. The molecule has 2 aromatic carbocycles. The van der Waals surface area contributed by atoms with Crippen molar-refractivity contribution in [2.45, 2.75) is 18.5 Å². The third-order valence-corrected chi connectivity index (χ3v) is 7.46. The van der Waals surface area contributed by atoms with Gasteiger partial charge in [-0.25, -0.2) is 4.79 Å². The van der Waals surface area contributed by atoms with Gasteiger partial charge in [-0.15, -0.1) is 0 Å². The first kappa shape index (κ1) is 27.2. The number of alkyl halides is 3. The highest BCUT2D eigenvalue weighted by molar-refractivity contribution is 6.30. The lowest BCUT2D eigenvalue weighted by Gasteiger charge is -2.40. The van der Waals surface area contributed by atoms with E-state index in [1.54, 1.807) is 11.1 Å². The van der Waals surface area contributed by atoms with Crippen LogP contribution in [0.2, 0.25) is 5.02 Å². The van der Waals surface area contributed by atoms with Gasteiger partial charge in [0, 0.05) is 48.9 Å². The molecule has 2 unspecified atom stereocenters. The molecule has 0 N–H and O–H groups in total. The third kappa shape index (κ3) is 6.81. The maximum Gasteiger partial charge on any atom is 0.416 e. The Bertz CT molecular complexity index is 1310. The molecule has 0 aliphatic carbocycles. The lowest BCUT2D eigenvalue weighted by atomic mass is 9.84. The highest BCUT2D eigenvalue weighted by Gasteiger charge is 2.34. The van der Waals surface area contributed by atoms with Crippen LogP contribution < -0.4 is 0 Å². The summed E-state index contributed by atoms with van der Waals surface area (Å²) in [7, 11) is 0. The molecule has 3 heterocycles. The summed E-state index contributed by atoms with van der Waals surface area (Å²) in [5, 5.41) is 0.660. The highest BCUT2D eigenvalue weighted by atomic mass is 35.5. The average Bonchev–Trinajstić information content (AvgIpc) is 2.96. The maximum absolute atomic E-state index is 13.3. The molecule has 3 aromatic rings. The Balaban J connectivity index is 1.34. The number of carbonyl (C=O) groups is 1. The van der Waals surface area contributed by atoms with Crippen molar-refractivity contribution in [1.29, 1.82) is 0 Å². The van der Waals surface area contributed by atoms with Crippen LogP contribution in [0.1, 0.15) is 29.2 Å². The zero-order valence-corrected chi connectivity index (χ0v) is 22.0. The summed E-state index contributed by atoms with van der Waals surface area (Å²) in [6.45, 7) is 3.06. The molecule has 2 amide bonds. The third-order valence-electron chi connectivity index (χ3n) is 7.23. The number of likely N-dealkylation sites (tertiary alicyclic amines) is 1. The van der Waals surface area contributed by atoms with Gasteiger partial charge in [-0.2, -0.15) is 13.2 Å². The van der Waals surface area contributed by atoms with Crippen molar-refractivity contribution in [1.82, 2.24) is 14.8 Å². The Morgan fingerprint density at radius 2 is 1.74 bits per heavy atom. The molecule has 1 aromatic heterocycles. The van der Waals surface area contributed by atoms with Gasteiger partial charge in [-0.3, -0.25) is 4.98 Å². The number of ether oxygens (including phenoxy) is 1. The molecule has 204 valence electrons. The fourth-order valence-electron chi connectivity index (χ4n) is 5.15. The zero-order valence-electron chi connectivity index (χ0n) is 21.3. The number of urea groups is 1. The highest BCUT2D eigenvalue weighted by Crippen LogP contribution is 2.35. The quantitative estimate of drug-likeness (QED) is 0.348. The molecule has 2 fully saturated rings. The van der Waals surface area contributed by atoms with Crippen molar-refractivity contribution in [3.63, 3.8) is 0 Å². The number of benzene rings is 2. The minimum Gasteiger partial charge on any atom is -0.378 e. The van der Waals surface area contributed by atoms with Gasteiger partial charge in [-0.1, -0.05) is 48.0 Å². The molecule has 0 spiro atoms. The van der Waals surface area contributed by atoms with Gasteiger partial charge in [0.2, 0.25) is 0 Å². The number of piperidine rings is 1. The summed E-state index contributed by atoms with van der Waals surface area (Å²) in [6, 6.07) is 16.7. The van der Waals surface area contributed by atoms with E-state index in [-0.39, 0.29) is 17.9 Å². The molecule has 0 radical (unpaired) electrons. The van der Waals surface area contributed by atoms with Gasteiger partial charge < -0.3 is 14.5 Å². The normalized spacial score (nSPS) is 20.4. The van der Waals surface area contributed by atoms with Crippen molar-refractivity contribution in [2.75, 3.05) is 39.4 Å². The van der Waals surface area contributed by atoms with Crippen LogP contribution in [0, 0.1) is 5.92 Å². The number of nitrogens with zero attached hydrogens (tertiary/aromatic N) is 3. The Labute approximate surface area is 230 Å². The second-order valence-corrected chi connectivity index (χ2v) is 10.4. The van der Waals surface area contributed by atoms with Crippen molar-refractivity contribution < 1.29 is 22.7 Å². The van der Waals surface area contributed by atoms with E-state index < -0.39 is 11.7 Å². The van der Waals surface area contributed by atoms with Crippen molar-refractivity contribution in [2.24, 2.45) is 5.92 Å². The summed E-state index contributed by atoms with van der Waals surface area (Å²) in [6.07, 6.45) is 2.13. The number of hydrogen-bond acceptors (Lipinski definition) is 3. The first-order valence-electron chi connectivity index (χ1n) is 13.0. The number of pyridine rings is 1. The molecule has 5 nitrogen and oxygen atoms in total. The maximum atomic E-state index is 13.3. The van der Waals surface area contributed by atoms with Crippen LogP contribution in [0.5, 0.6) is 0 Å². The van der Waals surface area contributed by atoms with E-state index in [1.807, 2.05) is 47.4 Å². The van der Waals surface area contributed by atoms with Crippen LogP contribution in [0.3, 0.4) is 0 Å². The second kappa shape index (κ2) is 11.8. The first-order chi connectivity index (χ1) is 18.8. The number of carbonyl (C=O) groups excluding carboxylic acids is 1. The number of rotatable bonds is 4. The molecule has 2 atom stereocenters. The van der Waals surface area contributed by atoms with Crippen molar-refractivity contribution in [3.8, 4) is 11.1 Å². The van der Waals surface area contributed by atoms with Crippen LogP contribution in [0.25, 0.3) is 17.2 Å². The number of aromatic nitrogens is 1. The van der Waals surface area contributed by atoms with E-state index in [9.17, 15) is 18.0 Å². The van der Waals surface area contributed by atoms with E-state index in [1.165, 1.54) is 12.1 Å². The van der Waals surface area contributed by atoms with E-state index in [2.05, 4.69) is 11.1 Å². The molecular formula is C30H29ClF3N3O2. The minimum absolute atomic E-state index is 0.0189. The summed E-state index contributed by atoms with van der Waals surface area (Å²) < 4.78 is 44.7. The Kier molecular flexibility index (Phi) is 8.23. The van der Waals surface area contributed by atoms with E-state index in [0.29, 0.717) is 44.4 Å². The largest absolute Gasteiger partial charge is 0.416 e. The lowest BCUT2D eigenvalue weighted by Crippen LogP contribution is -2.52. The van der Waals surface area contributed by atoms with Crippen LogP contribution >= 0.6 is 11.6 Å². The van der Waals surface area contributed by atoms with Gasteiger partial charge >= 0.3 is 12.2 Å². The molecule has 0 bridgehead atoms. The molecule has 5 rings (SSSR count). The predicted octanol–water partition coefficient (Wildman–Crippen LogP) is 6.99. The van der Waals surface area contributed by atoms with E-state index in [4.69, 9.17) is 16.3 Å². The van der Waals surface area contributed by atoms with Gasteiger partial charge in [0.15, 0.2) is 0 Å². The lowest BCUT2D eigenvalue weighted by molar-refractivity contribution is -0.137. The van der Waals surface area contributed by atoms with Gasteiger partial charge in [-0.05, 0) is 59.9 Å². The molecular weight excluding hydrogens is 527 g/mol. The van der Waals surface area contributed by atoms with Crippen molar-refractivity contribution >= 4 is 23.7 Å². The zero-order chi connectivity index (χ0) is 27.4. The SMILES string of the molecule is O=C(N1CCOCC1)N1CC(/C=C/c2ccc(-c3cccc(Cl)c3)cn2)CC(c2ccc(C(F)(F)F)cc2)C1. The Morgan fingerprint density at radius 3 is 2.41 bits per heavy atom. The van der Waals surface area contributed by atoms with Crippen LogP contribution in [-0.4, -0.2) is 60.2 Å². The van der Waals surface area contributed by atoms with Gasteiger partial charge in [0.25, 0.3) is 0 Å². The monoisotopic (exact) mass is 555 g/mol. The van der Waals surface area contributed by atoms with E-state index >= 15 is 0 Å². The summed E-state index contributed by atoms with van der Waals surface area (Å²) in [5.74, 6) is -0.0655. The number of halogens is 4. The minimum atomic E-state index is -4.38. The average molecular weight is 556 g/mol.